The highest BCUT2D eigenvalue weighted by Gasteiger charge is 2.01. The minimum absolute atomic E-state index is 0.877. The molecule has 0 bridgehead atoms. The first-order valence-electron chi connectivity index (χ1n) is 4.91. The van der Waals surface area contributed by atoms with E-state index in [4.69, 9.17) is 4.74 Å². The lowest BCUT2D eigenvalue weighted by Gasteiger charge is -2.12. The van der Waals surface area contributed by atoms with Crippen molar-refractivity contribution in [3.8, 4) is 5.75 Å². The average molecular weight is 194 g/mol. The Morgan fingerprint density at radius 3 is 2.64 bits per heavy atom. The van der Waals surface area contributed by atoms with Crippen LogP contribution < -0.4 is 15.4 Å². The number of nitrogens with one attached hydrogen (secondary N) is 2. The van der Waals surface area contributed by atoms with Gasteiger partial charge in [-0.25, -0.2) is 0 Å². The van der Waals surface area contributed by atoms with Crippen molar-refractivity contribution in [1.82, 2.24) is 0 Å². The van der Waals surface area contributed by atoms with Gasteiger partial charge in [0, 0.05) is 19.7 Å². The number of rotatable bonds is 5. The van der Waals surface area contributed by atoms with Crippen LogP contribution in [0.15, 0.2) is 18.2 Å². The van der Waals surface area contributed by atoms with Crippen molar-refractivity contribution in [3.63, 3.8) is 0 Å². The highest BCUT2D eigenvalue weighted by atomic mass is 16.5. The van der Waals surface area contributed by atoms with E-state index < -0.39 is 0 Å². The number of benzene rings is 1. The van der Waals surface area contributed by atoms with Gasteiger partial charge < -0.3 is 15.4 Å². The molecule has 0 aliphatic rings. The SMILES string of the molecule is CCCNc1cc(OC)ccc1NC. The number of methoxy groups -OCH3 is 1. The Morgan fingerprint density at radius 1 is 1.29 bits per heavy atom. The Bertz CT molecular complexity index is 287. The minimum Gasteiger partial charge on any atom is -0.497 e. The molecule has 0 heterocycles. The van der Waals surface area contributed by atoms with Crippen LogP contribution in [0.5, 0.6) is 5.75 Å². The normalized spacial score (nSPS) is 9.64. The van der Waals surface area contributed by atoms with E-state index in [0.717, 1.165) is 30.1 Å². The Hall–Kier alpha value is -1.38. The Labute approximate surface area is 85.5 Å². The number of anilines is 2. The molecule has 0 aromatic heterocycles. The summed E-state index contributed by atoms with van der Waals surface area (Å²) in [6, 6.07) is 5.96. The molecule has 0 fully saturated rings. The molecule has 0 radical (unpaired) electrons. The largest absolute Gasteiger partial charge is 0.497 e. The summed E-state index contributed by atoms with van der Waals surface area (Å²) in [5, 5.41) is 6.48. The molecule has 1 aromatic rings. The Morgan fingerprint density at radius 2 is 2.07 bits per heavy atom. The molecule has 1 rings (SSSR count). The monoisotopic (exact) mass is 194 g/mol. The molecule has 0 atom stereocenters. The third-order valence-electron chi connectivity index (χ3n) is 2.06. The zero-order chi connectivity index (χ0) is 10.4. The standard InChI is InChI=1S/C11H18N2O/c1-4-7-13-11-8-9(14-3)5-6-10(11)12-2/h5-6,8,12-13H,4,7H2,1-3H3. The first kappa shape index (κ1) is 10.7. The third-order valence-corrected chi connectivity index (χ3v) is 2.06. The topological polar surface area (TPSA) is 33.3 Å². The Balaban J connectivity index is 2.84. The zero-order valence-corrected chi connectivity index (χ0v) is 9.05. The first-order valence-corrected chi connectivity index (χ1v) is 4.91. The lowest BCUT2D eigenvalue weighted by molar-refractivity contribution is 0.415. The molecule has 0 saturated heterocycles. The van der Waals surface area contributed by atoms with E-state index >= 15 is 0 Å². The van der Waals surface area contributed by atoms with Gasteiger partial charge in [-0.05, 0) is 18.6 Å². The molecule has 78 valence electrons. The summed E-state index contributed by atoms with van der Waals surface area (Å²) < 4.78 is 5.17. The van der Waals surface area contributed by atoms with Crippen molar-refractivity contribution >= 4 is 11.4 Å². The van der Waals surface area contributed by atoms with Crippen LogP contribution in [0.1, 0.15) is 13.3 Å². The molecule has 0 aliphatic heterocycles. The number of hydrogen-bond acceptors (Lipinski definition) is 3. The van der Waals surface area contributed by atoms with Crippen LogP contribution in [0, 0.1) is 0 Å². The second kappa shape index (κ2) is 5.37. The summed E-state index contributed by atoms with van der Waals surface area (Å²) in [4.78, 5) is 0. The fraction of sp³-hybridized carbons (Fsp3) is 0.455. The van der Waals surface area contributed by atoms with Crippen molar-refractivity contribution in [2.24, 2.45) is 0 Å². The van der Waals surface area contributed by atoms with E-state index in [1.807, 2.05) is 25.2 Å². The molecule has 2 N–H and O–H groups in total. The van der Waals surface area contributed by atoms with Crippen LogP contribution in [0.25, 0.3) is 0 Å². The van der Waals surface area contributed by atoms with Gasteiger partial charge in [0.2, 0.25) is 0 Å². The smallest absolute Gasteiger partial charge is 0.121 e. The van der Waals surface area contributed by atoms with Crippen LogP contribution >= 0.6 is 0 Å². The summed E-state index contributed by atoms with van der Waals surface area (Å²) in [6.45, 7) is 3.12. The van der Waals surface area contributed by atoms with Crippen molar-refractivity contribution in [2.75, 3.05) is 31.3 Å². The van der Waals surface area contributed by atoms with Crippen LogP contribution in [-0.4, -0.2) is 20.7 Å². The third kappa shape index (κ3) is 2.55. The van der Waals surface area contributed by atoms with E-state index in [-0.39, 0.29) is 0 Å². The summed E-state index contributed by atoms with van der Waals surface area (Å²) in [7, 11) is 3.59. The first-order chi connectivity index (χ1) is 6.81. The van der Waals surface area contributed by atoms with Gasteiger partial charge in [-0.3, -0.25) is 0 Å². The summed E-state index contributed by atoms with van der Waals surface area (Å²) in [5.74, 6) is 0.877. The molecular formula is C11H18N2O. The van der Waals surface area contributed by atoms with Gasteiger partial charge in [0.1, 0.15) is 5.75 Å². The van der Waals surface area contributed by atoms with Crippen molar-refractivity contribution < 1.29 is 4.74 Å². The molecule has 0 aliphatic carbocycles. The maximum atomic E-state index is 5.17. The van der Waals surface area contributed by atoms with Crippen LogP contribution in [0.4, 0.5) is 11.4 Å². The van der Waals surface area contributed by atoms with Crippen LogP contribution in [0.3, 0.4) is 0 Å². The molecular weight excluding hydrogens is 176 g/mol. The van der Waals surface area contributed by atoms with Crippen molar-refractivity contribution in [2.45, 2.75) is 13.3 Å². The second-order valence-electron chi connectivity index (χ2n) is 3.09. The number of ether oxygens (including phenoxy) is 1. The average Bonchev–Trinajstić information content (AvgIpc) is 2.25. The molecule has 0 amide bonds. The summed E-state index contributed by atoms with van der Waals surface area (Å²) in [6.07, 6.45) is 1.11. The lowest BCUT2D eigenvalue weighted by atomic mass is 10.2. The Kier molecular flexibility index (Phi) is 4.11. The van der Waals surface area contributed by atoms with Gasteiger partial charge in [0.15, 0.2) is 0 Å². The molecule has 3 nitrogen and oxygen atoms in total. The lowest BCUT2D eigenvalue weighted by Crippen LogP contribution is -2.03. The van der Waals surface area contributed by atoms with E-state index in [0.29, 0.717) is 0 Å². The van der Waals surface area contributed by atoms with Gasteiger partial charge >= 0.3 is 0 Å². The van der Waals surface area contributed by atoms with Crippen LogP contribution in [0.2, 0.25) is 0 Å². The molecule has 0 unspecified atom stereocenters. The number of hydrogen-bond donors (Lipinski definition) is 2. The molecule has 14 heavy (non-hydrogen) atoms. The zero-order valence-electron chi connectivity index (χ0n) is 9.05. The quantitative estimate of drug-likeness (QED) is 0.755. The van der Waals surface area contributed by atoms with E-state index in [1.165, 1.54) is 0 Å². The van der Waals surface area contributed by atoms with E-state index in [2.05, 4.69) is 17.6 Å². The van der Waals surface area contributed by atoms with Gasteiger partial charge in [-0.2, -0.15) is 0 Å². The van der Waals surface area contributed by atoms with Gasteiger partial charge in [0.25, 0.3) is 0 Å². The molecule has 0 saturated carbocycles. The molecule has 0 spiro atoms. The maximum Gasteiger partial charge on any atom is 0.121 e. The van der Waals surface area contributed by atoms with Crippen LogP contribution in [-0.2, 0) is 0 Å². The maximum absolute atomic E-state index is 5.17. The van der Waals surface area contributed by atoms with Gasteiger partial charge in [-0.15, -0.1) is 0 Å². The van der Waals surface area contributed by atoms with Gasteiger partial charge in [0.05, 0.1) is 18.5 Å². The highest BCUT2D eigenvalue weighted by molar-refractivity contribution is 5.70. The minimum atomic E-state index is 0.877. The summed E-state index contributed by atoms with van der Waals surface area (Å²) >= 11 is 0. The fourth-order valence-corrected chi connectivity index (χ4v) is 1.27. The highest BCUT2D eigenvalue weighted by Crippen LogP contribution is 2.26. The predicted octanol–water partition coefficient (Wildman–Crippen LogP) is 2.56. The summed E-state index contributed by atoms with van der Waals surface area (Å²) in [5.41, 5.74) is 2.19. The predicted molar refractivity (Wildman–Crippen MR) is 61.3 cm³/mol. The molecule has 1 aromatic carbocycles. The molecule has 3 heteroatoms. The fourth-order valence-electron chi connectivity index (χ4n) is 1.27. The second-order valence-corrected chi connectivity index (χ2v) is 3.09. The van der Waals surface area contributed by atoms with Crippen molar-refractivity contribution in [3.05, 3.63) is 18.2 Å². The van der Waals surface area contributed by atoms with Gasteiger partial charge in [-0.1, -0.05) is 6.92 Å². The van der Waals surface area contributed by atoms with E-state index in [1.54, 1.807) is 7.11 Å². The van der Waals surface area contributed by atoms with E-state index in [9.17, 15) is 0 Å². The van der Waals surface area contributed by atoms with Crippen molar-refractivity contribution in [1.29, 1.82) is 0 Å².